The molecule has 5 nitrogen and oxygen atoms in total. The summed E-state index contributed by atoms with van der Waals surface area (Å²) in [5.41, 5.74) is -0.366. The minimum atomic E-state index is -3.62. The second kappa shape index (κ2) is 5.16. The molecule has 0 unspecified atom stereocenters. The summed E-state index contributed by atoms with van der Waals surface area (Å²) in [6, 6.07) is 4.64. The van der Waals surface area contributed by atoms with E-state index in [0.717, 1.165) is 6.26 Å². The Morgan fingerprint density at radius 1 is 1.10 bits per heavy atom. The van der Waals surface area contributed by atoms with Crippen LogP contribution in [0.3, 0.4) is 0 Å². The molecule has 0 N–H and O–H groups in total. The van der Waals surface area contributed by atoms with Crippen LogP contribution in [0.4, 0.5) is 0 Å². The molecule has 8 heteroatoms. The van der Waals surface area contributed by atoms with Gasteiger partial charge in [-0.25, -0.2) is 0 Å². The third-order valence-electron chi connectivity index (χ3n) is 3.67. The lowest BCUT2D eigenvalue weighted by molar-refractivity contribution is 0.00578. The van der Waals surface area contributed by atoms with Gasteiger partial charge in [0.15, 0.2) is 0 Å². The summed E-state index contributed by atoms with van der Waals surface area (Å²) >= 11 is 6.01. The molecule has 0 saturated carbocycles. The van der Waals surface area contributed by atoms with E-state index in [9.17, 15) is 8.42 Å². The summed E-state index contributed by atoms with van der Waals surface area (Å²) in [7, 11) is -4.25. The molecule has 1 fully saturated rings. The lowest BCUT2D eigenvalue weighted by Gasteiger charge is -2.32. The van der Waals surface area contributed by atoms with E-state index >= 15 is 0 Å². The monoisotopic (exact) mass is 332 g/mol. The van der Waals surface area contributed by atoms with E-state index in [1.807, 2.05) is 27.7 Å². The zero-order chi connectivity index (χ0) is 16.1. The molecule has 2 rings (SSSR count). The molecule has 1 aliphatic rings. The van der Waals surface area contributed by atoms with Crippen LogP contribution < -0.4 is 9.65 Å². The first kappa shape index (κ1) is 16.6. The molecule has 1 aromatic rings. The quantitative estimate of drug-likeness (QED) is 0.625. The van der Waals surface area contributed by atoms with Gasteiger partial charge in [0, 0.05) is 11.1 Å². The smallest absolute Gasteiger partial charge is 0.399 e. The Labute approximate surface area is 130 Å². The normalized spacial score (nSPS) is 20.6. The van der Waals surface area contributed by atoms with Gasteiger partial charge in [-0.2, -0.15) is 8.42 Å². The van der Waals surface area contributed by atoms with Crippen LogP contribution in [0.25, 0.3) is 0 Å². The molecular formula is C13H18BClO5S. The first-order valence-electron chi connectivity index (χ1n) is 6.45. The van der Waals surface area contributed by atoms with Crippen LogP contribution >= 0.6 is 11.6 Å². The number of benzene rings is 1. The molecule has 0 bridgehead atoms. The van der Waals surface area contributed by atoms with Crippen LogP contribution in [0.1, 0.15) is 27.7 Å². The average molecular weight is 333 g/mol. The maximum Gasteiger partial charge on any atom is 0.495 e. The Morgan fingerprint density at radius 3 is 2.10 bits per heavy atom. The van der Waals surface area contributed by atoms with Gasteiger partial charge in [-0.15, -0.1) is 0 Å². The fourth-order valence-corrected chi connectivity index (χ4v) is 2.60. The largest absolute Gasteiger partial charge is 0.495 e. The van der Waals surface area contributed by atoms with E-state index in [0.29, 0.717) is 10.5 Å². The molecule has 0 amide bonds. The summed E-state index contributed by atoms with van der Waals surface area (Å²) in [6.07, 6.45) is 0.975. The van der Waals surface area contributed by atoms with Gasteiger partial charge in [0.1, 0.15) is 5.75 Å². The minimum absolute atomic E-state index is 0.134. The Hall–Kier alpha value is -0.755. The molecule has 1 saturated heterocycles. The van der Waals surface area contributed by atoms with Crippen molar-refractivity contribution in [2.24, 2.45) is 0 Å². The molecule has 0 spiro atoms. The average Bonchev–Trinajstić information content (AvgIpc) is 2.44. The summed E-state index contributed by atoms with van der Waals surface area (Å²) in [5, 5.41) is 0.348. The molecule has 0 aliphatic carbocycles. The van der Waals surface area contributed by atoms with Crippen molar-refractivity contribution < 1.29 is 21.9 Å². The fourth-order valence-electron chi connectivity index (χ4n) is 1.92. The standard InChI is InChI=1S/C13H18BClO5S/c1-12(2)13(3,4)20-14(19-12)9-6-10(15)8-11(7-9)18-21(5,16)17/h6-8H,1-5H3. The molecule has 116 valence electrons. The molecule has 1 heterocycles. The molecule has 1 aliphatic heterocycles. The van der Waals surface area contributed by atoms with E-state index in [1.165, 1.54) is 6.07 Å². The third kappa shape index (κ3) is 3.72. The number of hydrogen-bond acceptors (Lipinski definition) is 5. The summed E-state index contributed by atoms with van der Waals surface area (Å²) in [4.78, 5) is 0. The van der Waals surface area contributed by atoms with Gasteiger partial charge in [-0.3, -0.25) is 0 Å². The predicted octanol–water partition coefficient (Wildman–Crippen LogP) is 1.98. The van der Waals surface area contributed by atoms with Gasteiger partial charge in [-0.1, -0.05) is 11.6 Å². The first-order valence-corrected chi connectivity index (χ1v) is 8.65. The summed E-state index contributed by atoms with van der Waals surface area (Å²) in [5.74, 6) is 0.134. The lowest BCUT2D eigenvalue weighted by Crippen LogP contribution is -2.41. The van der Waals surface area contributed by atoms with Gasteiger partial charge < -0.3 is 13.5 Å². The highest BCUT2D eigenvalue weighted by atomic mass is 35.5. The highest BCUT2D eigenvalue weighted by molar-refractivity contribution is 7.86. The Kier molecular flexibility index (Phi) is 4.08. The van der Waals surface area contributed by atoms with Crippen molar-refractivity contribution in [3.63, 3.8) is 0 Å². The second-order valence-electron chi connectivity index (χ2n) is 6.10. The molecule has 0 radical (unpaired) electrons. The Balaban J connectivity index is 2.34. The highest BCUT2D eigenvalue weighted by Gasteiger charge is 2.51. The van der Waals surface area contributed by atoms with Crippen LogP contribution in [0, 0.1) is 0 Å². The van der Waals surface area contributed by atoms with Crippen LogP contribution in [0.5, 0.6) is 5.75 Å². The zero-order valence-electron chi connectivity index (χ0n) is 12.6. The summed E-state index contributed by atoms with van der Waals surface area (Å²) in [6.45, 7) is 7.74. The minimum Gasteiger partial charge on any atom is -0.399 e. The van der Waals surface area contributed by atoms with Gasteiger partial charge in [0.2, 0.25) is 0 Å². The van der Waals surface area contributed by atoms with Crippen molar-refractivity contribution in [1.82, 2.24) is 0 Å². The lowest BCUT2D eigenvalue weighted by atomic mass is 9.79. The van der Waals surface area contributed by atoms with E-state index in [-0.39, 0.29) is 5.75 Å². The Morgan fingerprint density at radius 2 is 1.62 bits per heavy atom. The molecule has 21 heavy (non-hydrogen) atoms. The topological polar surface area (TPSA) is 61.8 Å². The molecule has 0 aromatic heterocycles. The zero-order valence-corrected chi connectivity index (χ0v) is 14.2. The fraction of sp³-hybridized carbons (Fsp3) is 0.538. The van der Waals surface area contributed by atoms with Crippen molar-refractivity contribution in [3.8, 4) is 5.75 Å². The first-order chi connectivity index (χ1) is 9.40. The van der Waals surface area contributed by atoms with Crippen LogP contribution in [-0.4, -0.2) is 33.0 Å². The van der Waals surface area contributed by atoms with Gasteiger partial charge >= 0.3 is 17.2 Å². The maximum atomic E-state index is 11.2. The van der Waals surface area contributed by atoms with Gasteiger partial charge in [-0.05, 0) is 45.3 Å². The van der Waals surface area contributed by atoms with Crippen molar-refractivity contribution in [1.29, 1.82) is 0 Å². The molecule has 0 atom stereocenters. The highest BCUT2D eigenvalue weighted by Crippen LogP contribution is 2.36. The van der Waals surface area contributed by atoms with Crippen LogP contribution in [0.2, 0.25) is 5.02 Å². The predicted molar refractivity (Wildman–Crippen MR) is 82.6 cm³/mol. The summed E-state index contributed by atoms with van der Waals surface area (Å²) < 4.78 is 39.1. The van der Waals surface area contributed by atoms with Crippen LogP contribution in [0.15, 0.2) is 18.2 Å². The van der Waals surface area contributed by atoms with Crippen molar-refractivity contribution in [2.45, 2.75) is 38.9 Å². The van der Waals surface area contributed by atoms with Gasteiger partial charge in [0.05, 0.1) is 17.5 Å². The Bertz CT molecular complexity index is 641. The third-order valence-corrected chi connectivity index (χ3v) is 4.38. The number of hydrogen-bond donors (Lipinski definition) is 0. The van der Waals surface area contributed by atoms with Gasteiger partial charge in [0.25, 0.3) is 0 Å². The van der Waals surface area contributed by atoms with Crippen molar-refractivity contribution in [3.05, 3.63) is 23.2 Å². The van der Waals surface area contributed by atoms with E-state index in [1.54, 1.807) is 12.1 Å². The maximum absolute atomic E-state index is 11.2. The molecule has 1 aromatic carbocycles. The van der Waals surface area contributed by atoms with E-state index in [2.05, 4.69) is 0 Å². The van der Waals surface area contributed by atoms with E-state index in [4.69, 9.17) is 25.1 Å². The number of halogens is 1. The SMILES string of the molecule is CC1(C)OB(c2cc(Cl)cc(OS(C)(=O)=O)c2)OC1(C)C. The second-order valence-corrected chi connectivity index (χ2v) is 8.11. The molecular weight excluding hydrogens is 314 g/mol. The van der Waals surface area contributed by atoms with E-state index < -0.39 is 28.4 Å². The van der Waals surface area contributed by atoms with Crippen molar-refractivity contribution >= 4 is 34.3 Å². The number of rotatable bonds is 3. The van der Waals surface area contributed by atoms with Crippen LogP contribution in [-0.2, 0) is 19.4 Å². The van der Waals surface area contributed by atoms with Crippen molar-refractivity contribution in [2.75, 3.05) is 6.26 Å².